The van der Waals surface area contributed by atoms with Crippen LogP contribution < -0.4 is 5.32 Å². The highest BCUT2D eigenvalue weighted by atomic mass is 79.9. The van der Waals surface area contributed by atoms with Gasteiger partial charge < -0.3 is 10.4 Å². The fourth-order valence-electron chi connectivity index (χ4n) is 1.61. The second-order valence-corrected chi connectivity index (χ2v) is 5.31. The van der Waals surface area contributed by atoms with Crippen LogP contribution in [-0.2, 0) is 13.1 Å². The number of halogens is 2. The molecule has 2 aromatic rings. The van der Waals surface area contributed by atoms with E-state index < -0.39 is 0 Å². The Morgan fingerprint density at radius 3 is 2.28 bits per heavy atom. The van der Waals surface area contributed by atoms with Crippen LogP contribution in [-0.4, -0.2) is 5.11 Å². The lowest BCUT2D eigenvalue weighted by atomic mass is 10.2. The lowest BCUT2D eigenvalue weighted by molar-refractivity contribution is 0.471. The van der Waals surface area contributed by atoms with Crippen LogP contribution in [0.3, 0.4) is 0 Å². The molecule has 0 amide bonds. The summed E-state index contributed by atoms with van der Waals surface area (Å²) in [6.07, 6.45) is 0. The molecule has 94 valence electrons. The molecule has 0 bridgehead atoms. The third-order valence-electron chi connectivity index (χ3n) is 2.58. The van der Waals surface area contributed by atoms with E-state index in [0.29, 0.717) is 4.47 Å². The molecule has 0 aliphatic carbocycles. The summed E-state index contributed by atoms with van der Waals surface area (Å²) in [5, 5.41) is 13.5. The van der Waals surface area contributed by atoms with Crippen molar-refractivity contribution >= 4 is 27.5 Å². The molecule has 2 N–H and O–H groups in total. The van der Waals surface area contributed by atoms with Crippen LogP contribution in [0.5, 0.6) is 5.75 Å². The van der Waals surface area contributed by atoms with Crippen LogP contribution in [0, 0.1) is 0 Å². The van der Waals surface area contributed by atoms with Gasteiger partial charge in [0.25, 0.3) is 0 Å². The Labute approximate surface area is 120 Å². The van der Waals surface area contributed by atoms with Crippen molar-refractivity contribution in [3.8, 4) is 5.75 Å². The predicted molar refractivity (Wildman–Crippen MR) is 77.8 cm³/mol. The molecule has 2 nitrogen and oxygen atoms in total. The summed E-state index contributed by atoms with van der Waals surface area (Å²) in [7, 11) is 0. The van der Waals surface area contributed by atoms with E-state index in [1.807, 2.05) is 36.4 Å². The quantitative estimate of drug-likeness (QED) is 0.886. The minimum atomic E-state index is 0.261. The molecule has 2 rings (SSSR count). The molecular weight excluding hydrogens is 314 g/mol. The molecule has 0 radical (unpaired) electrons. The van der Waals surface area contributed by atoms with E-state index in [1.165, 1.54) is 5.56 Å². The van der Waals surface area contributed by atoms with E-state index in [4.69, 9.17) is 11.6 Å². The maximum absolute atomic E-state index is 9.39. The zero-order chi connectivity index (χ0) is 13.0. The van der Waals surface area contributed by atoms with Gasteiger partial charge in [0.15, 0.2) is 0 Å². The monoisotopic (exact) mass is 325 g/mol. The van der Waals surface area contributed by atoms with Gasteiger partial charge in [-0.2, -0.15) is 0 Å². The maximum Gasteiger partial charge on any atom is 0.129 e. The lowest BCUT2D eigenvalue weighted by Gasteiger charge is -2.06. The number of phenols is 1. The molecule has 0 fully saturated rings. The first-order valence-corrected chi connectivity index (χ1v) is 6.75. The number of aromatic hydroxyl groups is 1. The van der Waals surface area contributed by atoms with Gasteiger partial charge in [-0.05, 0) is 51.3 Å². The van der Waals surface area contributed by atoms with Crippen LogP contribution in [0.2, 0.25) is 5.02 Å². The molecule has 0 saturated carbocycles. The van der Waals surface area contributed by atoms with Gasteiger partial charge >= 0.3 is 0 Å². The summed E-state index contributed by atoms with van der Waals surface area (Å²) < 4.78 is 0.716. The fourth-order valence-corrected chi connectivity index (χ4v) is 2.17. The molecule has 0 spiro atoms. The smallest absolute Gasteiger partial charge is 0.129 e. The zero-order valence-electron chi connectivity index (χ0n) is 9.66. The first-order valence-electron chi connectivity index (χ1n) is 5.58. The average molecular weight is 327 g/mol. The summed E-state index contributed by atoms with van der Waals surface area (Å²) in [5.74, 6) is 0.261. The molecule has 0 aromatic heterocycles. The molecule has 18 heavy (non-hydrogen) atoms. The van der Waals surface area contributed by atoms with Gasteiger partial charge in [0.2, 0.25) is 0 Å². The molecule has 4 heteroatoms. The Bertz CT molecular complexity index is 528. The number of phenolic OH excluding ortho intramolecular Hbond substituents is 1. The molecule has 0 atom stereocenters. The minimum absolute atomic E-state index is 0.261. The normalized spacial score (nSPS) is 10.6. The van der Waals surface area contributed by atoms with E-state index >= 15 is 0 Å². The molecule has 0 aliphatic heterocycles. The highest BCUT2D eigenvalue weighted by Gasteiger charge is 1.99. The number of rotatable bonds is 4. The van der Waals surface area contributed by atoms with Gasteiger partial charge in [0, 0.05) is 18.1 Å². The second-order valence-electron chi connectivity index (χ2n) is 4.02. The van der Waals surface area contributed by atoms with E-state index in [9.17, 15) is 5.11 Å². The van der Waals surface area contributed by atoms with Crippen molar-refractivity contribution in [2.75, 3.05) is 0 Å². The third-order valence-corrected chi connectivity index (χ3v) is 3.47. The van der Waals surface area contributed by atoms with Gasteiger partial charge in [0.1, 0.15) is 5.75 Å². The molecule has 0 unspecified atom stereocenters. The number of hydrogen-bond donors (Lipinski definition) is 2. The van der Waals surface area contributed by atoms with Gasteiger partial charge in [-0.15, -0.1) is 0 Å². The second kappa shape index (κ2) is 6.23. The highest BCUT2D eigenvalue weighted by Crippen LogP contribution is 2.24. The predicted octanol–water partition coefficient (Wildman–Crippen LogP) is 4.10. The lowest BCUT2D eigenvalue weighted by Crippen LogP contribution is -2.12. The van der Waals surface area contributed by atoms with E-state index in [2.05, 4.69) is 21.2 Å². The fraction of sp³-hybridized carbons (Fsp3) is 0.143. The van der Waals surface area contributed by atoms with Crippen LogP contribution >= 0.6 is 27.5 Å². The van der Waals surface area contributed by atoms with Crippen molar-refractivity contribution < 1.29 is 5.11 Å². The molecule has 0 aliphatic rings. The summed E-state index contributed by atoms with van der Waals surface area (Å²) in [6.45, 7) is 1.54. The number of nitrogens with one attached hydrogen (secondary N) is 1. The Hall–Kier alpha value is -1.03. The first-order chi connectivity index (χ1) is 8.65. The van der Waals surface area contributed by atoms with E-state index in [-0.39, 0.29) is 5.75 Å². The van der Waals surface area contributed by atoms with Crippen molar-refractivity contribution in [3.63, 3.8) is 0 Å². The van der Waals surface area contributed by atoms with Crippen LogP contribution in [0.15, 0.2) is 46.9 Å². The van der Waals surface area contributed by atoms with E-state index in [1.54, 1.807) is 6.07 Å². The molecule has 0 heterocycles. The Kier molecular flexibility index (Phi) is 4.64. The van der Waals surface area contributed by atoms with Crippen molar-refractivity contribution in [3.05, 3.63) is 63.1 Å². The first kappa shape index (κ1) is 13.4. The maximum atomic E-state index is 9.39. The molecule has 0 saturated heterocycles. The average Bonchev–Trinajstić information content (AvgIpc) is 2.36. The Morgan fingerprint density at radius 2 is 1.61 bits per heavy atom. The van der Waals surface area contributed by atoms with Crippen molar-refractivity contribution in [2.45, 2.75) is 13.1 Å². The third kappa shape index (κ3) is 3.73. The van der Waals surface area contributed by atoms with Crippen LogP contribution in [0.1, 0.15) is 11.1 Å². The van der Waals surface area contributed by atoms with Gasteiger partial charge in [-0.25, -0.2) is 0 Å². The largest absolute Gasteiger partial charge is 0.507 e. The number of hydrogen-bond acceptors (Lipinski definition) is 2. The summed E-state index contributed by atoms with van der Waals surface area (Å²) in [4.78, 5) is 0. The standard InChI is InChI=1S/C14H13BrClNO/c15-13-7-11(3-6-14(13)18)9-17-8-10-1-4-12(16)5-2-10/h1-7,17-18H,8-9H2. The minimum Gasteiger partial charge on any atom is -0.507 e. The van der Waals surface area contributed by atoms with Crippen molar-refractivity contribution in [2.24, 2.45) is 0 Å². The Balaban J connectivity index is 1.88. The zero-order valence-corrected chi connectivity index (χ0v) is 12.0. The summed E-state index contributed by atoms with van der Waals surface area (Å²) >= 11 is 9.12. The topological polar surface area (TPSA) is 32.3 Å². The van der Waals surface area contributed by atoms with Crippen molar-refractivity contribution in [1.29, 1.82) is 0 Å². The Morgan fingerprint density at radius 1 is 1.00 bits per heavy atom. The number of benzene rings is 2. The van der Waals surface area contributed by atoms with Crippen molar-refractivity contribution in [1.82, 2.24) is 5.32 Å². The van der Waals surface area contributed by atoms with Crippen LogP contribution in [0.25, 0.3) is 0 Å². The van der Waals surface area contributed by atoms with Gasteiger partial charge in [-0.3, -0.25) is 0 Å². The summed E-state index contributed by atoms with van der Waals surface area (Å²) in [5.41, 5.74) is 2.31. The van der Waals surface area contributed by atoms with Gasteiger partial charge in [-0.1, -0.05) is 29.8 Å². The van der Waals surface area contributed by atoms with E-state index in [0.717, 1.165) is 23.7 Å². The SMILES string of the molecule is Oc1ccc(CNCc2ccc(Cl)cc2)cc1Br. The molecular formula is C14H13BrClNO. The molecule has 2 aromatic carbocycles. The van der Waals surface area contributed by atoms with Crippen LogP contribution in [0.4, 0.5) is 0 Å². The summed E-state index contributed by atoms with van der Waals surface area (Å²) in [6, 6.07) is 13.3. The highest BCUT2D eigenvalue weighted by molar-refractivity contribution is 9.10. The van der Waals surface area contributed by atoms with Gasteiger partial charge in [0.05, 0.1) is 4.47 Å².